The molecule has 4 nitrogen and oxygen atoms in total. The molecule has 2 aliphatic rings. The van der Waals surface area contributed by atoms with Gasteiger partial charge in [0.05, 0.1) is 0 Å². The summed E-state index contributed by atoms with van der Waals surface area (Å²) in [5.41, 5.74) is 2.38. The normalized spacial score (nSPS) is 20.3. The molecule has 0 saturated carbocycles. The summed E-state index contributed by atoms with van der Waals surface area (Å²) in [6, 6.07) is 4.06. The van der Waals surface area contributed by atoms with Crippen LogP contribution in [0.3, 0.4) is 0 Å². The number of pyridine rings is 1. The van der Waals surface area contributed by atoms with Crippen molar-refractivity contribution in [1.29, 1.82) is 0 Å². The van der Waals surface area contributed by atoms with Gasteiger partial charge in [0.25, 0.3) is 0 Å². The minimum atomic E-state index is 0.333. The van der Waals surface area contributed by atoms with E-state index < -0.39 is 0 Å². The van der Waals surface area contributed by atoms with Gasteiger partial charge in [-0.25, -0.2) is 0 Å². The van der Waals surface area contributed by atoms with Gasteiger partial charge in [0.15, 0.2) is 0 Å². The Hall–Kier alpha value is -1.42. The van der Waals surface area contributed by atoms with Crippen LogP contribution >= 0.6 is 0 Å². The van der Waals surface area contributed by atoms with Gasteiger partial charge in [-0.2, -0.15) is 0 Å². The second-order valence-corrected chi connectivity index (χ2v) is 6.26. The summed E-state index contributed by atoms with van der Waals surface area (Å²) in [5.74, 6) is 0.912. The van der Waals surface area contributed by atoms with E-state index in [2.05, 4.69) is 22.9 Å². The zero-order valence-corrected chi connectivity index (χ0v) is 12.9. The van der Waals surface area contributed by atoms with Crippen LogP contribution in [0.1, 0.15) is 37.4 Å². The molecular weight excluding hydrogens is 262 g/mol. The number of piperidine rings is 1. The molecule has 1 saturated heterocycles. The summed E-state index contributed by atoms with van der Waals surface area (Å²) in [5, 5.41) is 0. The van der Waals surface area contributed by atoms with Gasteiger partial charge >= 0.3 is 0 Å². The molecule has 0 radical (unpaired) electrons. The highest BCUT2D eigenvalue weighted by atomic mass is 16.2. The van der Waals surface area contributed by atoms with E-state index in [0.717, 1.165) is 51.3 Å². The molecule has 1 aromatic rings. The van der Waals surface area contributed by atoms with Crippen molar-refractivity contribution in [1.82, 2.24) is 14.8 Å². The number of aromatic nitrogens is 1. The van der Waals surface area contributed by atoms with E-state index in [9.17, 15) is 4.79 Å². The SMILES string of the molecule is CCN1CCC(CC(=O)N2CCc3ncccc3C2)CC1. The van der Waals surface area contributed by atoms with Crippen molar-refractivity contribution in [3.05, 3.63) is 29.6 Å². The van der Waals surface area contributed by atoms with Crippen LogP contribution in [-0.4, -0.2) is 46.9 Å². The Morgan fingerprint density at radius 1 is 1.33 bits per heavy atom. The largest absolute Gasteiger partial charge is 0.338 e. The Bertz CT molecular complexity index is 495. The highest BCUT2D eigenvalue weighted by Crippen LogP contribution is 2.23. The van der Waals surface area contributed by atoms with Crippen LogP contribution in [0.15, 0.2) is 18.3 Å². The average Bonchev–Trinajstić information content (AvgIpc) is 2.55. The number of amides is 1. The maximum atomic E-state index is 12.5. The molecule has 3 heterocycles. The zero-order chi connectivity index (χ0) is 14.7. The minimum absolute atomic E-state index is 0.333. The van der Waals surface area contributed by atoms with Crippen molar-refractivity contribution in [3.63, 3.8) is 0 Å². The van der Waals surface area contributed by atoms with Gasteiger partial charge < -0.3 is 9.80 Å². The number of likely N-dealkylation sites (tertiary alicyclic amines) is 1. The second-order valence-electron chi connectivity index (χ2n) is 6.26. The number of hydrogen-bond acceptors (Lipinski definition) is 3. The summed E-state index contributed by atoms with van der Waals surface area (Å²) in [4.78, 5) is 21.4. The summed E-state index contributed by atoms with van der Waals surface area (Å²) >= 11 is 0. The fraction of sp³-hybridized carbons (Fsp3) is 0.647. The van der Waals surface area contributed by atoms with Gasteiger partial charge in [-0.3, -0.25) is 9.78 Å². The van der Waals surface area contributed by atoms with Crippen LogP contribution in [0.5, 0.6) is 0 Å². The molecule has 1 amide bonds. The van der Waals surface area contributed by atoms with Crippen LogP contribution in [0.2, 0.25) is 0 Å². The summed E-state index contributed by atoms with van der Waals surface area (Å²) in [6.07, 6.45) is 5.82. The highest BCUT2D eigenvalue weighted by molar-refractivity contribution is 5.76. The topological polar surface area (TPSA) is 36.4 Å². The maximum absolute atomic E-state index is 12.5. The molecule has 0 N–H and O–H groups in total. The quantitative estimate of drug-likeness (QED) is 0.854. The number of carbonyl (C=O) groups is 1. The summed E-state index contributed by atoms with van der Waals surface area (Å²) in [6.45, 7) is 7.23. The van der Waals surface area contributed by atoms with Crippen LogP contribution in [-0.2, 0) is 17.8 Å². The molecule has 3 rings (SSSR count). The highest BCUT2D eigenvalue weighted by Gasteiger charge is 2.25. The summed E-state index contributed by atoms with van der Waals surface area (Å²) in [7, 11) is 0. The fourth-order valence-corrected chi connectivity index (χ4v) is 3.46. The van der Waals surface area contributed by atoms with E-state index >= 15 is 0 Å². The molecule has 0 unspecified atom stereocenters. The number of rotatable bonds is 3. The van der Waals surface area contributed by atoms with E-state index in [1.807, 2.05) is 17.2 Å². The van der Waals surface area contributed by atoms with Crippen molar-refractivity contribution in [3.8, 4) is 0 Å². The van der Waals surface area contributed by atoms with Gasteiger partial charge in [-0.05, 0) is 50.0 Å². The first-order chi connectivity index (χ1) is 10.3. The summed E-state index contributed by atoms with van der Waals surface area (Å²) < 4.78 is 0. The van der Waals surface area contributed by atoms with Crippen molar-refractivity contribution in [2.75, 3.05) is 26.2 Å². The molecule has 114 valence electrons. The molecule has 2 aliphatic heterocycles. The maximum Gasteiger partial charge on any atom is 0.223 e. The van der Waals surface area contributed by atoms with E-state index in [1.165, 1.54) is 18.4 Å². The molecule has 1 aromatic heterocycles. The van der Waals surface area contributed by atoms with Crippen LogP contribution < -0.4 is 0 Å². The first kappa shape index (κ1) is 14.5. The Labute approximate surface area is 127 Å². The van der Waals surface area contributed by atoms with Crippen molar-refractivity contribution >= 4 is 5.91 Å². The molecule has 0 spiro atoms. The lowest BCUT2D eigenvalue weighted by atomic mass is 9.92. The lowest BCUT2D eigenvalue weighted by molar-refractivity contribution is -0.133. The Morgan fingerprint density at radius 2 is 2.14 bits per heavy atom. The molecule has 0 aliphatic carbocycles. The van der Waals surface area contributed by atoms with Gasteiger partial charge in [0, 0.05) is 37.8 Å². The molecular formula is C17H25N3O. The second kappa shape index (κ2) is 6.56. The fourth-order valence-electron chi connectivity index (χ4n) is 3.46. The predicted octanol–water partition coefficient (Wildman–Crippen LogP) is 2.09. The standard InChI is InChI=1S/C17H25N3O/c1-2-19-9-5-14(6-10-19)12-17(21)20-11-7-16-15(13-20)4-3-8-18-16/h3-4,8,14H,2,5-7,9-13H2,1H3. The monoisotopic (exact) mass is 287 g/mol. The number of nitrogens with zero attached hydrogens (tertiary/aromatic N) is 3. The van der Waals surface area contributed by atoms with E-state index in [4.69, 9.17) is 0 Å². The first-order valence-corrected chi connectivity index (χ1v) is 8.19. The van der Waals surface area contributed by atoms with Crippen molar-refractivity contribution in [2.45, 2.75) is 39.2 Å². The van der Waals surface area contributed by atoms with Crippen LogP contribution in [0.4, 0.5) is 0 Å². The van der Waals surface area contributed by atoms with Crippen LogP contribution in [0.25, 0.3) is 0 Å². The minimum Gasteiger partial charge on any atom is -0.338 e. The van der Waals surface area contributed by atoms with Crippen LogP contribution in [0, 0.1) is 5.92 Å². The molecule has 21 heavy (non-hydrogen) atoms. The lowest BCUT2D eigenvalue weighted by Crippen LogP contribution is -2.39. The Kier molecular flexibility index (Phi) is 4.54. The molecule has 0 aromatic carbocycles. The molecule has 4 heteroatoms. The van der Waals surface area contributed by atoms with E-state index in [0.29, 0.717) is 11.8 Å². The molecule has 0 bridgehead atoms. The van der Waals surface area contributed by atoms with Gasteiger partial charge in [0.1, 0.15) is 0 Å². The smallest absolute Gasteiger partial charge is 0.223 e. The van der Waals surface area contributed by atoms with Gasteiger partial charge in [-0.1, -0.05) is 13.0 Å². The number of hydrogen-bond donors (Lipinski definition) is 0. The zero-order valence-electron chi connectivity index (χ0n) is 12.9. The Balaban J connectivity index is 1.53. The Morgan fingerprint density at radius 3 is 2.90 bits per heavy atom. The van der Waals surface area contributed by atoms with Crippen molar-refractivity contribution in [2.24, 2.45) is 5.92 Å². The number of carbonyl (C=O) groups excluding carboxylic acids is 1. The first-order valence-electron chi connectivity index (χ1n) is 8.19. The third-order valence-corrected chi connectivity index (χ3v) is 4.93. The number of fused-ring (bicyclic) bond motifs is 1. The predicted molar refractivity (Wildman–Crippen MR) is 82.8 cm³/mol. The van der Waals surface area contributed by atoms with Crippen molar-refractivity contribution < 1.29 is 4.79 Å². The van der Waals surface area contributed by atoms with E-state index in [1.54, 1.807) is 0 Å². The molecule has 0 atom stereocenters. The molecule has 1 fully saturated rings. The van der Waals surface area contributed by atoms with Gasteiger partial charge in [-0.15, -0.1) is 0 Å². The third kappa shape index (κ3) is 3.43. The third-order valence-electron chi connectivity index (χ3n) is 4.93. The van der Waals surface area contributed by atoms with Gasteiger partial charge in [0.2, 0.25) is 5.91 Å². The average molecular weight is 287 g/mol. The lowest BCUT2D eigenvalue weighted by Gasteiger charge is -2.33. The van der Waals surface area contributed by atoms with E-state index in [-0.39, 0.29) is 0 Å².